The Hall–Kier alpha value is -2.29. The molecule has 4 rings (SSSR count). The van der Waals surface area contributed by atoms with Crippen LogP contribution in [0.25, 0.3) is 10.9 Å². The van der Waals surface area contributed by atoms with Crippen LogP contribution in [-0.2, 0) is 19.4 Å². The number of nitrogens with zero attached hydrogens (tertiary/aromatic N) is 1. The van der Waals surface area contributed by atoms with Gasteiger partial charge in [-0.2, -0.15) is 0 Å². The highest BCUT2D eigenvalue weighted by Crippen LogP contribution is 2.26. The molecule has 0 amide bonds. The van der Waals surface area contributed by atoms with Gasteiger partial charge in [0.05, 0.1) is 12.1 Å². The maximum absolute atomic E-state index is 13.4. The van der Waals surface area contributed by atoms with Crippen molar-refractivity contribution in [3.63, 3.8) is 0 Å². The molecule has 0 spiro atoms. The van der Waals surface area contributed by atoms with Crippen LogP contribution in [0.3, 0.4) is 0 Å². The van der Waals surface area contributed by atoms with Crippen LogP contribution in [0.15, 0.2) is 48.7 Å². The van der Waals surface area contributed by atoms with Gasteiger partial charge in [-0.15, -0.1) is 0 Å². The fourth-order valence-electron chi connectivity index (χ4n) is 3.00. The molecule has 106 valence electrons. The number of fused-ring (bicyclic) bond motifs is 2. The van der Waals surface area contributed by atoms with Gasteiger partial charge in [0.15, 0.2) is 0 Å². The minimum Gasteiger partial charge on any atom is -0.493 e. The molecule has 1 aliphatic heterocycles. The van der Waals surface area contributed by atoms with Crippen molar-refractivity contribution in [2.24, 2.45) is 0 Å². The first-order valence-electron chi connectivity index (χ1n) is 7.28. The molecule has 2 heterocycles. The fourth-order valence-corrected chi connectivity index (χ4v) is 3.00. The Kier molecular flexibility index (Phi) is 2.92. The fraction of sp³-hybridized carbons (Fsp3) is 0.222. The van der Waals surface area contributed by atoms with Crippen molar-refractivity contribution < 1.29 is 9.13 Å². The molecule has 0 N–H and O–H groups in total. The second-order valence-corrected chi connectivity index (χ2v) is 5.50. The first kappa shape index (κ1) is 12.5. The van der Waals surface area contributed by atoms with Gasteiger partial charge in [0.1, 0.15) is 11.6 Å². The lowest BCUT2D eigenvalue weighted by atomic mass is 10.1. The van der Waals surface area contributed by atoms with E-state index in [1.165, 1.54) is 17.2 Å². The summed E-state index contributed by atoms with van der Waals surface area (Å²) in [7, 11) is 0. The molecule has 0 radical (unpaired) electrons. The Morgan fingerprint density at radius 1 is 1.10 bits per heavy atom. The average Bonchev–Trinajstić information content (AvgIpc) is 3.10. The smallest absolute Gasteiger partial charge is 0.125 e. The van der Waals surface area contributed by atoms with E-state index in [0.717, 1.165) is 42.6 Å². The van der Waals surface area contributed by atoms with Crippen molar-refractivity contribution in [2.45, 2.75) is 19.4 Å². The molecule has 1 aromatic heterocycles. The summed E-state index contributed by atoms with van der Waals surface area (Å²) in [5, 5.41) is 1.08. The van der Waals surface area contributed by atoms with E-state index in [1.807, 2.05) is 18.3 Å². The maximum Gasteiger partial charge on any atom is 0.125 e. The zero-order valence-electron chi connectivity index (χ0n) is 11.7. The van der Waals surface area contributed by atoms with Crippen molar-refractivity contribution in [3.8, 4) is 5.75 Å². The predicted molar refractivity (Wildman–Crippen MR) is 81.2 cm³/mol. The summed E-state index contributed by atoms with van der Waals surface area (Å²) in [6, 6.07) is 13.4. The van der Waals surface area contributed by atoms with Gasteiger partial charge in [-0.05, 0) is 53.3 Å². The quantitative estimate of drug-likeness (QED) is 0.709. The van der Waals surface area contributed by atoms with E-state index in [-0.39, 0.29) is 5.82 Å². The summed E-state index contributed by atoms with van der Waals surface area (Å²) in [5.41, 5.74) is 3.56. The maximum atomic E-state index is 13.4. The van der Waals surface area contributed by atoms with Crippen LogP contribution in [0.2, 0.25) is 0 Å². The highest BCUT2D eigenvalue weighted by molar-refractivity contribution is 5.80. The lowest BCUT2D eigenvalue weighted by molar-refractivity contribution is 0.357. The Morgan fingerprint density at radius 3 is 3.00 bits per heavy atom. The summed E-state index contributed by atoms with van der Waals surface area (Å²) in [6.45, 7) is 1.65. The summed E-state index contributed by atoms with van der Waals surface area (Å²) in [5.74, 6) is 0.837. The van der Waals surface area contributed by atoms with Crippen LogP contribution in [0.4, 0.5) is 4.39 Å². The van der Waals surface area contributed by atoms with Gasteiger partial charge >= 0.3 is 0 Å². The standard InChI is InChI=1S/C18H16FNO/c19-16-3-2-14-6-9-20(17(14)12-16)8-5-13-1-4-18-15(11-13)7-10-21-18/h1-4,6,9,11-12H,5,7-8,10H2. The summed E-state index contributed by atoms with van der Waals surface area (Å²) >= 11 is 0. The highest BCUT2D eigenvalue weighted by atomic mass is 19.1. The minimum atomic E-state index is -0.183. The first-order chi connectivity index (χ1) is 10.3. The van der Waals surface area contributed by atoms with E-state index in [9.17, 15) is 4.39 Å². The van der Waals surface area contributed by atoms with E-state index in [2.05, 4.69) is 22.8 Å². The third kappa shape index (κ3) is 2.29. The van der Waals surface area contributed by atoms with E-state index < -0.39 is 0 Å². The zero-order valence-corrected chi connectivity index (χ0v) is 11.7. The molecule has 3 heteroatoms. The largest absolute Gasteiger partial charge is 0.493 e. The van der Waals surface area contributed by atoms with Crippen LogP contribution >= 0.6 is 0 Å². The molecule has 2 nitrogen and oxygen atoms in total. The van der Waals surface area contributed by atoms with Crippen LogP contribution in [0, 0.1) is 5.82 Å². The summed E-state index contributed by atoms with van der Waals surface area (Å²) in [6.07, 6.45) is 3.97. The van der Waals surface area contributed by atoms with Crippen LogP contribution in [-0.4, -0.2) is 11.2 Å². The van der Waals surface area contributed by atoms with Crippen molar-refractivity contribution in [1.82, 2.24) is 4.57 Å². The van der Waals surface area contributed by atoms with Crippen LogP contribution in [0.1, 0.15) is 11.1 Å². The summed E-state index contributed by atoms with van der Waals surface area (Å²) in [4.78, 5) is 0. The van der Waals surface area contributed by atoms with Gasteiger partial charge in [-0.25, -0.2) is 4.39 Å². The number of hydrogen-bond acceptors (Lipinski definition) is 1. The Labute approximate surface area is 122 Å². The minimum absolute atomic E-state index is 0.183. The number of aromatic nitrogens is 1. The Bertz CT molecular complexity index is 806. The first-order valence-corrected chi connectivity index (χ1v) is 7.28. The van der Waals surface area contributed by atoms with Gasteiger partial charge in [-0.3, -0.25) is 0 Å². The molecule has 0 atom stereocenters. The molecule has 1 aliphatic rings. The third-order valence-corrected chi connectivity index (χ3v) is 4.13. The van der Waals surface area contributed by atoms with E-state index in [4.69, 9.17) is 4.74 Å². The van der Waals surface area contributed by atoms with E-state index in [0.29, 0.717) is 0 Å². The molecule has 3 aromatic rings. The Balaban J connectivity index is 1.57. The van der Waals surface area contributed by atoms with E-state index >= 15 is 0 Å². The molecule has 2 aromatic carbocycles. The molecule has 0 aliphatic carbocycles. The van der Waals surface area contributed by atoms with Crippen LogP contribution in [0.5, 0.6) is 5.75 Å². The monoisotopic (exact) mass is 281 g/mol. The van der Waals surface area contributed by atoms with Gasteiger partial charge in [0.25, 0.3) is 0 Å². The molecule has 0 unspecified atom stereocenters. The normalized spacial score (nSPS) is 13.4. The predicted octanol–water partition coefficient (Wildman–Crippen LogP) is 3.96. The van der Waals surface area contributed by atoms with Gasteiger partial charge in [0, 0.05) is 19.2 Å². The number of ether oxygens (including phenoxy) is 1. The number of halogens is 1. The third-order valence-electron chi connectivity index (χ3n) is 4.13. The van der Waals surface area contributed by atoms with Crippen molar-refractivity contribution in [2.75, 3.05) is 6.61 Å². The van der Waals surface area contributed by atoms with Crippen LogP contribution < -0.4 is 4.74 Å². The lowest BCUT2D eigenvalue weighted by Gasteiger charge is -2.07. The number of benzene rings is 2. The molecule has 0 fully saturated rings. The van der Waals surface area contributed by atoms with Crippen molar-refractivity contribution in [3.05, 3.63) is 65.6 Å². The van der Waals surface area contributed by atoms with Crippen molar-refractivity contribution in [1.29, 1.82) is 0 Å². The lowest BCUT2D eigenvalue weighted by Crippen LogP contribution is -2.00. The molecule has 0 bridgehead atoms. The van der Waals surface area contributed by atoms with Gasteiger partial charge < -0.3 is 9.30 Å². The molecular formula is C18H16FNO. The molecular weight excluding hydrogens is 265 g/mol. The van der Waals surface area contributed by atoms with Gasteiger partial charge in [0.2, 0.25) is 0 Å². The van der Waals surface area contributed by atoms with Crippen molar-refractivity contribution >= 4 is 10.9 Å². The van der Waals surface area contributed by atoms with Gasteiger partial charge in [-0.1, -0.05) is 12.1 Å². The Morgan fingerprint density at radius 2 is 2.05 bits per heavy atom. The SMILES string of the molecule is Fc1ccc2ccn(CCc3ccc4c(c3)CCO4)c2c1. The number of hydrogen-bond donors (Lipinski definition) is 0. The zero-order chi connectivity index (χ0) is 14.2. The topological polar surface area (TPSA) is 14.2 Å². The second-order valence-electron chi connectivity index (χ2n) is 5.50. The van der Waals surface area contributed by atoms with E-state index in [1.54, 1.807) is 6.07 Å². The molecule has 0 saturated heterocycles. The second kappa shape index (κ2) is 4.92. The summed E-state index contributed by atoms with van der Waals surface area (Å²) < 4.78 is 21.0. The highest BCUT2D eigenvalue weighted by Gasteiger charge is 2.12. The number of rotatable bonds is 3. The average molecular weight is 281 g/mol. The molecule has 21 heavy (non-hydrogen) atoms. The number of aryl methyl sites for hydroxylation is 2. The molecule has 0 saturated carbocycles.